The number of rotatable bonds is 4. The maximum absolute atomic E-state index is 13.3. The van der Waals surface area contributed by atoms with Gasteiger partial charge in [-0.15, -0.1) is 0 Å². The van der Waals surface area contributed by atoms with Crippen LogP contribution in [0.25, 0.3) is 10.2 Å². The number of aromatic nitrogens is 1. The Balaban J connectivity index is 1.62. The van der Waals surface area contributed by atoms with Gasteiger partial charge in [-0.3, -0.25) is 10.1 Å². The molecule has 0 spiro atoms. The molecule has 1 amide bonds. The number of nitrogens with one attached hydrogen (secondary N) is 1. The number of amides is 1. The van der Waals surface area contributed by atoms with Crippen molar-refractivity contribution in [2.24, 2.45) is 0 Å². The number of nitrogens with zero attached hydrogens (tertiary/aromatic N) is 2. The number of hydrogen-bond acceptors (Lipinski definition) is 5. The number of fused-ring (bicyclic) bond motifs is 1. The van der Waals surface area contributed by atoms with Crippen LogP contribution in [0.3, 0.4) is 0 Å². The van der Waals surface area contributed by atoms with Gasteiger partial charge in [0.15, 0.2) is 5.13 Å². The zero-order valence-corrected chi connectivity index (χ0v) is 16.9. The topological polar surface area (TPSA) is 79.4 Å². The number of hydrogen-bond donors (Lipinski definition) is 1. The summed E-state index contributed by atoms with van der Waals surface area (Å²) in [6.07, 6.45) is 1.60. The van der Waals surface area contributed by atoms with Gasteiger partial charge in [0.2, 0.25) is 10.0 Å². The number of carbonyl (C=O) groups is 1. The van der Waals surface area contributed by atoms with E-state index >= 15 is 0 Å². The molecule has 0 unspecified atom stereocenters. The first kappa shape index (κ1) is 19.3. The molecule has 1 aliphatic rings. The van der Waals surface area contributed by atoms with Crippen molar-refractivity contribution in [2.75, 3.05) is 18.4 Å². The minimum Gasteiger partial charge on any atom is -0.298 e. The van der Waals surface area contributed by atoms with Gasteiger partial charge in [0, 0.05) is 18.7 Å². The Morgan fingerprint density at radius 3 is 2.68 bits per heavy atom. The van der Waals surface area contributed by atoms with Crippen LogP contribution in [0.4, 0.5) is 9.52 Å². The summed E-state index contributed by atoms with van der Waals surface area (Å²) >= 11 is 7.24. The zero-order valence-electron chi connectivity index (χ0n) is 14.5. The lowest BCUT2D eigenvalue weighted by atomic mass is 10.2. The Bertz CT molecular complexity index is 1170. The monoisotopic (exact) mass is 439 g/mol. The highest BCUT2D eigenvalue weighted by Crippen LogP contribution is 2.30. The Kier molecular flexibility index (Phi) is 5.09. The van der Waals surface area contributed by atoms with Gasteiger partial charge in [0.1, 0.15) is 10.7 Å². The second kappa shape index (κ2) is 7.40. The number of sulfonamides is 1. The Morgan fingerprint density at radius 1 is 1.18 bits per heavy atom. The minimum atomic E-state index is -3.76. The summed E-state index contributed by atoms with van der Waals surface area (Å²) in [5.74, 6) is -0.905. The van der Waals surface area contributed by atoms with Gasteiger partial charge in [0.05, 0.1) is 15.2 Å². The molecule has 0 radical (unpaired) electrons. The molecule has 0 atom stereocenters. The molecule has 0 aliphatic carbocycles. The summed E-state index contributed by atoms with van der Waals surface area (Å²) in [6.45, 7) is 0.884. The van der Waals surface area contributed by atoms with E-state index in [0.717, 1.165) is 24.2 Å². The van der Waals surface area contributed by atoms with Crippen LogP contribution < -0.4 is 5.32 Å². The van der Waals surface area contributed by atoms with Crippen LogP contribution in [0.15, 0.2) is 41.3 Å². The van der Waals surface area contributed by atoms with Crippen molar-refractivity contribution >= 4 is 54.2 Å². The van der Waals surface area contributed by atoms with Crippen LogP contribution in [-0.2, 0) is 10.0 Å². The molecule has 3 aromatic rings. The number of benzene rings is 2. The number of halogens is 2. The summed E-state index contributed by atoms with van der Waals surface area (Å²) in [5.41, 5.74) is 0.711. The average molecular weight is 440 g/mol. The lowest BCUT2D eigenvalue weighted by molar-refractivity contribution is 0.102. The highest BCUT2D eigenvalue weighted by Gasteiger charge is 2.29. The van der Waals surface area contributed by atoms with Gasteiger partial charge in [-0.05, 0) is 49.2 Å². The largest absolute Gasteiger partial charge is 0.298 e. The third-order valence-corrected chi connectivity index (χ3v) is 7.76. The van der Waals surface area contributed by atoms with Crippen LogP contribution in [0.5, 0.6) is 0 Å². The van der Waals surface area contributed by atoms with Crippen LogP contribution in [-0.4, -0.2) is 36.7 Å². The first-order valence-corrected chi connectivity index (χ1v) is 11.2. The zero-order chi connectivity index (χ0) is 19.9. The standard InChI is InChI=1S/C18H15ClFN3O3S2/c19-13-5-3-11(9-16(13)28(25,26)23-7-1-2-8-23)17(24)22-18-21-14-6-4-12(20)10-15(14)27-18/h3-6,9-10H,1-2,7-8H2,(H,21,22,24). The second-order valence-corrected chi connectivity index (χ2v) is 9.69. The molecule has 28 heavy (non-hydrogen) atoms. The van der Waals surface area contributed by atoms with Crippen molar-refractivity contribution in [3.8, 4) is 0 Å². The van der Waals surface area contributed by atoms with Crippen LogP contribution in [0.1, 0.15) is 23.2 Å². The molecule has 2 aromatic carbocycles. The van der Waals surface area contributed by atoms with Gasteiger partial charge < -0.3 is 0 Å². The third-order valence-electron chi connectivity index (χ3n) is 4.45. The van der Waals surface area contributed by atoms with E-state index in [9.17, 15) is 17.6 Å². The fourth-order valence-electron chi connectivity index (χ4n) is 3.03. The molecule has 10 heteroatoms. The molecule has 1 aliphatic heterocycles. The molecule has 0 bridgehead atoms. The second-order valence-electron chi connectivity index (χ2n) is 6.34. The summed E-state index contributed by atoms with van der Waals surface area (Å²) in [6, 6.07) is 8.28. The molecule has 6 nitrogen and oxygen atoms in total. The van der Waals surface area contributed by atoms with Crippen molar-refractivity contribution in [3.05, 3.63) is 52.8 Å². The van der Waals surface area contributed by atoms with E-state index in [0.29, 0.717) is 28.4 Å². The van der Waals surface area contributed by atoms with E-state index in [1.807, 2.05) is 0 Å². The fraction of sp³-hybridized carbons (Fsp3) is 0.222. The molecular formula is C18H15ClFN3O3S2. The lowest BCUT2D eigenvalue weighted by Gasteiger charge is -2.17. The van der Waals surface area contributed by atoms with Gasteiger partial charge >= 0.3 is 0 Å². The van der Waals surface area contributed by atoms with E-state index < -0.39 is 15.9 Å². The molecule has 1 N–H and O–H groups in total. The van der Waals surface area contributed by atoms with Crippen molar-refractivity contribution in [3.63, 3.8) is 0 Å². The first-order valence-electron chi connectivity index (χ1n) is 8.52. The summed E-state index contributed by atoms with van der Waals surface area (Å²) in [7, 11) is -3.76. The van der Waals surface area contributed by atoms with Gasteiger partial charge in [-0.1, -0.05) is 22.9 Å². The molecular weight excluding hydrogens is 425 g/mol. The molecule has 2 heterocycles. The molecule has 146 valence electrons. The van der Waals surface area contributed by atoms with Gasteiger partial charge in [0.25, 0.3) is 5.91 Å². The molecule has 1 fully saturated rings. The van der Waals surface area contributed by atoms with E-state index in [-0.39, 0.29) is 21.3 Å². The van der Waals surface area contributed by atoms with Gasteiger partial charge in [-0.25, -0.2) is 17.8 Å². The average Bonchev–Trinajstić information content (AvgIpc) is 3.31. The van der Waals surface area contributed by atoms with E-state index in [2.05, 4.69) is 10.3 Å². The smallest absolute Gasteiger partial charge is 0.257 e. The van der Waals surface area contributed by atoms with E-state index in [1.54, 1.807) is 0 Å². The lowest BCUT2D eigenvalue weighted by Crippen LogP contribution is -2.28. The normalized spacial score (nSPS) is 15.2. The highest BCUT2D eigenvalue weighted by atomic mass is 35.5. The summed E-state index contributed by atoms with van der Waals surface area (Å²) in [5, 5.41) is 2.99. The highest BCUT2D eigenvalue weighted by molar-refractivity contribution is 7.89. The first-order chi connectivity index (χ1) is 13.3. The SMILES string of the molecule is O=C(Nc1nc2ccc(F)cc2s1)c1ccc(Cl)c(S(=O)(=O)N2CCCC2)c1. The van der Waals surface area contributed by atoms with Crippen molar-refractivity contribution in [1.82, 2.24) is 9.29 Å². The maximum Gasteiger partial charge on any atom is 0.257 e. The van der Waals surface area contributed by atoms with Crippen molar-refractivity contribution < 1.29 is 17.6 Å². The number of carbonyl (C=O) groups excluding carboxylic acids is 1. The predicted molar refractivity (Wildman–Crippen MR) is 107 cm³/mol. The van der Waals surface area contributed by atoms with Crippen LogP contribution >= 0.6 is 22.9 Å². The number of anilines is 1. The quantitative estimate of drug-likeness (QED) is 0.663. The van der Waals surface area contributed by atoms with Gasteiger partial charge in [-0.2, -0.15) is 4.31 Å². The molecule has 1 aromatic heterocycles. The minimum absolute atomic E-state index is 0.0684. The number of thiazole rings is 1. The fourth-order valence-corrected chi connectivity index (χ4v) is 5.93. The van der Waals surface area contributed by atoms with E-state index in [4.69, 9.17) is 11.6 Å². The Labute approximate surface area is 170 Å². The summed E-state index contributed by atoms with van der Waals surface area (Å²) in [4.78, 5) is 16.8. The van der Waals surface area contributed by atoms with Crippen LogP contribution in [0.2, 0.25) is 5.02 Å². The molecule has 0 saturated carbocycles. The summed E-state index contributed by atoms with van der Waals surface area (Å²) < 4.78 is 40.9. The Morgan fingerprint density at radius 2 is 1.93 bits per heavy atom. The van der Waals surface area contributed by atoms with Crippen molar-refractivity contribution in [2.45, 2.75) is 17.7 Å². The van der Waals surface area contributed by atoms with Crippen molar-refractivity contribution in [1.29, 1.82) is 0 Å². The predicted octanol–water partition coefficient (Wildman–Crippen LogP) is 4.13. The van der Waals surface area contributed by atoms with Crippen LogP contribution in [0, 0.1) is 5.82 Å². The maximum atomic E-state index is 13.3. The molecule has 1 saturated heterocycles. The molecule has 4 rings (SSSR count). The third kappa shape index (κ3) is 3.62. The Hall–Kier alpha value is -2.07. The van der Waals surface area contributed by atoms with E-state index in [1.165, 1.54) is 40.7 Å².